The number of guanidine groups is 1. The van der Waals surface area contributed by atoms with Crippen molar-refractivity contribution in [2.45, 2.75) is 23.6 Å². The summed E-state index contributed by atoms with van der Waals surface area (Å²) in [7, 11) is 1.80. The van der Waals surface area contributed by atoms with Crippen molar-refractivity contribution in [2.75, 3.05) is 18.5 Å². The number of thioether (sulfide) groups is 1. The van der Waals surface area contributed by atoms with E-state index < -0.39 is 0 Å². The monoisotopic (exact) mass is 337 g/mol. The summed E-state index contributed by atoms with van der Waals surface area (Å²) in [5.41, 5.74) is 3.03. The quantitative estimate of drug-likeness (QED) is 0.803. The van der Waals surface area contributed by atoms with E-state index in [1.165, 1.54) is 5.56 Å². The lowest BCUT2D eigenvalue weighted by atomic mass is 10.1. The summed E-state index contributed by atoms with van der Waals surface area (Å²) in [5, 5.41) is 0. The number of anilines is 1. The largest absolute Gasteiger partial charge is 0.307 e. The number of hydrogen-bond donors (Lipinski definition) is 0. The van der Waals surface area contributed by atoms with E-state index in [1.54, 1.807) is 23.7 Å². The molecule has 0 bridgehead atoms. The maximum atomic E-state index is 12.7. The number of nitrogens with zero attached hydrogens (tertiary/aromatic N) is 3. The summed E-state index contributed by atoms with van der Waals surface area (Å²) in [5.74, 6) is 1.69. The maximum Gasteiger partial charge on any atom is 0.262 e. The van der Waals surface area contributed by atoms with Crippen molar-refractivity contribution in [3.8, 4) is 0 Å². The van der Waals surface area contributed by atoms with Crippen LogP contribution >= 0.6 is 11.8 Å². The van der Waals surface area contributed by atoms with Gasteiger partial charge in [0.05, 0.1) is 23.8 Å². The van der Waals surface area contributed by atoms with Gasteiger partial charge < -0.3 is 4.90 Å². The first-order valence-corrected chi connectivity index (χ1v) is 9.06. The van der Waals surface area contributed by atoms with E-state index in [0.29, 0.717) is 0 Å². The van der Waals surface area contributed by atoms with Crippen molar-refractivity contribution in [3.63, 3.8) is 0 Å². The van der Waals surface area contributed by atoms with Gasteiger partial charge in [-0.15, -0.1) is 11.8 Å². The van der Waals surface area contributed by atoms with Gasteiger partial charge in [0.2, 0.25) is 5.96 Å². The molecule has 0 saturated carbocycles. The number of carbonyl (C=O) groups is 1. The fraction of sp³-hybridized carbons (Fsp3) is 0.263. The molecule has 0 aromatic heterocycles. The number of carbonyl (C=O) groups excluding carboxylic acids is 1. The highest BCUT2D eigenvalue weighted by molar-refractivity contribution is 7.98. The summed E-state index contributed by atoms with van der Waals surface area (Å²) in [6, 6.07) is 16.9. The van der Waals surface area contributed by atoms with Crippen molar-refractivity contribution < 1.29 is 4.79 Å². The lowest BCUT2D eigenvalue weighted by Gasteiger charge is -2.36. The first-order valence-electron chi connectivity index (χ1n) is 8.07. The molecule has 0 aliphatic carbocycles. The summed E-state index contributed by atoms with van der Waals surface area (Å²) in [6.45, 7) is 2.87. The highest BCUT2D eigenvalue weighted by atomic mass is 32.2. The van der Waals surface area contributed by atoms with Gasteiger partial charge in [-0.1, -0.05) is 30.3 Å². The normalized spacial score (nSPS) is 19.2. The highest BCUT2D eigenvalue weighted by Crippen LogP contribution is 2.35. The van der Waals surface area contributed by atoms with Crippen LogP contribution in [0.1, 0.15) is 22.8 Å². The first-order chi connectivity index (χ1) is 11.6. The van der Waals surface area contributed by atoms with E-state index >= 15 is 0 Å². The van der Waals surface area contributed by atoms with E-state index in [0.717, 1.165) is 34.4 Å². The van der Waals surface area contributed by atoms with Gasteiger partial charge in [-0.25, -0.2) is 0 Å². The summed E-state index contributed by atoms with van der Waals surface area (Å²) >= 11 is 1.76. The van der Waals surface area contributed by atoms with Crippen molar-refractivity contribution in [2.24, 2.45) is 4.99 Å². The molecule has 2 aliphatic rings. The van der Waals surface area contributed by atoms with Crippen LogP contribution in [0.25, 0.3) is 0 Å². The zero-order valence-electron chi connectivity index (χ0n) is 13.8. The third-order valence-electron chi connectivity index (χ3n) is 4.46. The predicted octanol–water partition coefficient (Wildman–Crippen LogP) is 3.63. The van der Waals surface area contributed by atoms with Crippen LogP contribution in [0.15, 0.2) is 58.4 Å². The number of aliphatic imine (C=N–C) groups is 1. The predicted molar refractivity (Wildman–Crippen MR) is 98.8 cm³/mol. The molecular weight excluding hydrogens is 318 g/mol. The molecule has 2 aromatic rings. The topological polar surface area (TPSA) is 35.9 Å². The second-order valence-electron chi connectivity index (χ2n) is 6.18. The third kappa shape index (κ3) is 2.49. The van der Waals surface area contributed by atoms with E-state index in [9.17, 15) is 4.79 Å². The van der Waals surface area contributed by atoms with Gasteiger partial charge in [0.25, 0.3) is 5.91 Å². The lowest BCUT2D eigenvalue weighted by molar-refractivity contribution is 0.0865. The molecule has 24 heavy (non-hydrogen) atoms. The Kier molecular flexibility index (Phi) is 3.81. The SMILES string of the molecule is CC1CN=C2N(C)C(=O)c3cc(SCc4ccccc4)ccc3N21. The van der Waals surface area contributed by atoms with Gasteiger partial charge in [0, 0.05) is 17.7 Å². The average molecular weight is 337 g/mol. The molecule has 0 N–H and O–H groups in total. The molecule has 0 fully saturated rings. The van der Waals surface area contributed by atoms with Gasteiger partial charge in [-0.05, 0) is 30.7 Å². The van der Waals surface area contributed by atoms with Gasteiger partial charge >= 0.3 is 0 Å². The maximum absolute atomic E-state index is 12.7. The molecule has 1 atom stereocenters. The molecule has 2 aliphatic heterocycles. The van der Waals surface area contributed by atoms with Crippen molar-refractivity contribution in [1.82, 2.24) is 4.90 Å². The fourth-order valence-corrected chi connectivity index (χ4v) is 4.07. The number of amides is 1. The van der Waals surface area contributed by atoms with Gasteiger partial charge in [0.1, 0.15) is 0 Å². The van der Waals surface area contributed by atoms with Crippen LogP contribution < -0.4 is 4.90 Å². The summed E-state index contributed by atoms with van der Waals surface area (Å²) in [4.78, 5) is 22.2. The Bertz CT molecular complexity index is 819. The molecule has 4 rings (SSSR count). The second kappa shape index (κ2) is 5.98. The molecule has 0 radical (unpaired) electrons. The minimum absolute atomic E-state index is 0.0243. The van der Waals surface area contributed by atoms with E-state index in [1.807, 2.05) is 12.1 Å². The van der Waals surface area contributed by atoms with Gasteiger partial charge in [-0.3, -0.25) is 14.7 Å². The van der Waals surface area contributed by atoms with E-state index in [4.69, 9.17) is 0 Å². The fourth-order valence-electron chi connectivity index (χ4n) is 3.18. The number of benzene rings is 2. The molecule has 122 valence electrons. The Balaban J connectivity index is 1.63. The van der Waals surface area contributed by atoms with Crippen LogP contribution in [0.5, 0.6) is 0 Å². The van der Waals surface area contributed by atoms with Crippen molar-refractivity contribution in [3.05, 3.63) is 59.7 Å². The van der Waals surface area contributed by atoms with Crippen LogP contribution in [0.3, 0.4) is 0 Å². The highest BCUT2D eigenvalue weighted by Gasteiger charge is 2.38. The van der Waals surface area contributed by atoms with Crippen molar-refractivity contribution in [1.29, 1.82) is 0 Å². The standard InChI is InChI=1S/C19H19N3OS/c1-13-11-20-19-21(2)18(23)16-10-15(8-9-17(16)22(13)19)24-12-14-6-4-3-5-7-14/h3-10,13H,11-12H2,1-2H3. The Labute approximate surface area is 146 Å². The summed E-state index contributed by atoms with van der Waals surface area (Å²) in [6.07, 6.45) is 0. The van der Waals surface area contributed by atoms with Crippen LogP contribution in [0.2, 0.25) is 0 Å². The number of hydrogen-bond acceptors (Lipinski definition) is 4. The van der Waals surface area contributed by atoms with Crippen molar-refractivity contribution >= 4 is 29.3 Å². The molecular formula is C19H19N3OS. The van der Waals surface area contributed by atoms with Crippen LogP contribution in [-0.4, -0.2) is 36.4 Å². The molecule has 0 spiro atoms. The Morgan fingerprint density at radius 1 is 1.21 bits per heavy atom. The van der Waals surface area contributed by atoms with Crippen LogP contribution in [0, 0.1) is 0 Å². The summed E-state index contributed by atoms with van der Waals surface area (Å²) < 4.78 is 0. The Morgan fingerprint density at radius 3 is 2.79 bits per heavy atom. The lowest BCUT2D eigenvalue weighted by Crippen LogP contribution is -2.50. The third-order valence-corrected chi connectivity index (χ3v) is 5.53. The molecule has 0 saturated heterocycles. The van der Waals surface area contributed by atoms with Crippen LogP contribution in [0.4, 0.5) is 5.69 Å². The van der Waals surface area contributed by atoms with E-state index in [-0.39, 0.29) is 11.9 Å². The second-order valence-corrected chi connectivity index (χ2v) is 7.23. The van der Waals surface area contributed by atoms with Gasteiger partial charge in [0.15, 0.2) is 0 Å². The Hall–Kier alpha value is -2.27. The smallest absolute Gasteiger partial charge is 0.262 e. The average Bonchev–Trinajstić information content (AvgIpc) is 3.00. The molecule has 5 heteroatoms. The zero-order valence-corrected chi connectivity index (χ0v) is 14.6. The molecule has 2 heterocycles. The molecule has 1 unspecified atom stereocenters. The van der Waals surface area contributed by atoms with Crippen LogP contribution in [-0.2, 0) is 5.75 Å². The minimum Gasteiger partial charge on any atom is -0.307 e. The number of rotatable bonds is 3. The zero-order chi connectivity index (χ0) is 16.7. The van der Waals surface area contributed by atoms with E-state index in [2.05, 4.69) is 53.2 Å². The first kappa shape index (κ1) is 15.3. The number of fused-ring (bicyclic) bond motifs is 3. The molecule has 1 amide bonds. The van der Waals surface area contributed by atoms with Gasteiger partial charge in [-0.2, -0.15) is 0 Å². The Morgan fingerprint density at radius 2 is 2.00 bits per heavy atom. The molecule has 4 nitrogen and oxygen atoms in total. The minimum atomic E-state index is 0.0243. The molecule has 2 aromatic carbocycles.